The van der Waals surface area contributed by atoms with Crippen LogP contribution in [0.4, 0.5) is 4.39 Å². The number of nitrogens with two attached hydrogens (primary N) is 1. The number of imidazole rings is 1. The first-order valence-electron chi connectivity index (χ1n) is 5.86. The van der Waals surface area contributed by atoms with Gasteiger partial charge in [0.2, 0.25) is 0 Å². The minimum atomic E-state index is -0.232. The highest BCUT2D eigenvalue weighted by Gasteiger charge is 2.25. The minimum absolute atomic E-state index is 0.203. The summed E-state index contributed by atoms with van der Waals surface area (Å²) >= 11 is 0. The average Bonchev–Trinajstić information content (AvgIpc) is 2.67. The summed E-state index contributed by atoms with van der Waals surface area (Å²) in [5.41, 5.74) is 7.24. The molecule has 4 heteroatoms. The molecular formula is C13H18FN3. The van der Waals surface area contributed by atoms with Gasteiger partial charge in [0, 0.05) is 18.5 Å². The van der Waals surface area contributed by atoms with Crippen molar-refractivity contribution in [1.29, 1.82) is 0 Å². The zero-order valence-electron chi connectivity index (χ0n) is 10.5. The fraction of sp³-hybridized carbons (Fsp3) is 0.462. The third-order valence-electron chi connectivity index (χ3n) is 3.14. The third kappa shape index (κ3) is 1.93. The molecular weight excluding hydrogens is 217 g/mol. The Bertz CT molecular complexity index is 543. The van der Waals surface area contributed by atoms with Crippen molar-refractivity contribution in [3.05, 3.63) is 29.8 Å². The molecule has 0 saturated carbocycles. The van der Waals surface area contributed by atoms with Gasteiger partial charge in [0.15, 0.2) is 0 Å². The molecule has 0 radical (unpaired) electrons. The fourth-order valence-electron chi connectivity index (χ4n) is 2.02. The highest BCUT2D eigenvalue weighted by molar-refractivity contribution is 5.76. The monoisotopic (exact) mass is 235 g/mol. The van der Waals surface area contributed by atoms with E-state index in [1.54, 1.807) is 6.07 Å². The summed E-state index contributed by atoms with van der Waals surface area (Å²) in [6, 6.07) is 4.68. The first-order chi connectivity index (χ1) is 7.99. The molecule has 2 rings (SSSR count). The normalized spacial score (nSPS) is 12.3. The molecule has 0 aliphatic heterocycles. The largest absolute Gasteiger partial charge is 0.329 e. The molecule has 3 nitrogen and oxygen atoms in total. The Labute approximate surface area is 100 Å². The number of aryl methyl sites for hydroxylation is 1. The minimum Gasteiger partial charge on any atom is -0.329 e. The number of rotatable bonds is 3. The summed E-state index contributed by atoms with van der Waals surface area (Å²) in [5.74, 6) is 0.687. The van der Waals surface area contributed by atoms with Crippen molar-refractivity contribution in [2.75, 3.05) is 6.54 Å². The highest BCUT2D eigenvalue weighted by Crippen LogP contribution is 2.26. The summed E-state index contributed by atoms with van der Waals surface area (Å²) in [4.78, 5) is 4.58. The van der Waals surface area contributed by atoms with Gasteiger partial charge in [-0.2, -0.15) is 0 Å². The number of aromatic nitrogens is 2. The van der Waals surface area contributed by atoms with Gasteiger partial charge < -0.3 is 10.3 Å². The molecule has 0 unspecified atom stereocenters. The van der Waals surface area contributed by atoms with Crippen LogP contribution in [0.5, 0.6) is 0 Å². The van der Waals surface area contributed by atoms with E-state index in [-0.39, 0.29) is 11.2 Å². The van der Waals surface area contributed by atoms with Crippen LogP contribution >= 0.6 is 0 Å². The zero-order valence-corrected chi connectivity index (χ0v) is 10.5. The van der Waals surface area contributed by atoms with Crippen LogP contribution in [0.3, 0.4) is 0 Å². The lowest BCUT2D eigenvalue weighted by atomic mass is 9.92. The maximum absolute atomic E-state index is 13.3. The van der Waals surface area contributed by atoms with Gasteiger partial charge in [-0.25, -0.2) is 9.37 Å². The zero-order chi connectivity index (χ0) is 12.6. The van der Waals surface area contributed by atoms with Crippen molar-refractivity contribution < 1.29 is 4.39 Å². The Morgan fingerprint density at radius 1 is 1.41 bits per heavy atom. The van der Waals surface area contributed by atoms with Gasteiger partial charge in [-0.1, -0.05) is 13.8 Å². The predicted molar refractivity (Wildman–Crippen MR) is 67.4 cm³/mol. The Morgan fingerprint density at radius 3 is 2.71 bits per heavy atom. The van der Waals surface area contributed by atoms with Crippen molar-refractivity contribution in [3.8, 4) is 0 Å². The number of hydrogen-bond acceptors (Lipinski definition) is 2. The molecule has 1 aromatic carbocycles. The van der Waals surface area contributed by atoms with E-state index in [0.717, 1.165) is 23.4 Å². The van der Waals surface area contributed by atoms with Gasteiger partial charge in [0.05, 0.1) is 11.0 Å². The Morgan fingerprint density at radius 2 is 2.12 bits per heavy atom. The molecule has 17 heavy (non-hydrogen) atoms. The second-order valence-electron chi connectivity index (χ2n) is 4.90. The van der Waals surface area contributed by atoms with Crippen LogP contribution in [0.1, 0.15) is 26.6 Å². The third-order valence-corrected chi connectivity index (χ3v) is 3.14. The van der Waals surface area contributed by atoms with Crippen molar-refractivity contribution >= 4 is 11.0 Å². The predicted octanol–water partition coefficient (Wildman–Crippen LogP) is 2.43. The van der Waals surface area contributed by atoms with E-state index >= 15 is 0 Å². The molecule has 0 amide bonds. The summed E-state index contributed by atoms with van der Waals surface area (Å²) < 4.78 is 15.3. The van der Waals surface area contributed by atoms with E-state index in [9.17, 15) is 4.39 Å². The first kappa shape index (κ1) is 12.0. The van der Waals surface area contributed by atoms with Crippen LogP contribution in [0.2, 0.25) is 0 Å². The van der Waals surface area contributed by atoms with Crippen LogP contribution in [0, 0.1) is 5.82 Å². The SMILES string of the molecule is CCn1c(C(C)(C)CN)nc2ccc(F)cc21. The Kier molecular flexibility index (Phi) is 2.91. The van der Waals surface area contributed by atoms with Crippen molar-refractivity contribution in [2.24, 2.45) is 5.73 Å². The van der Waals surface area contributed by atoms with E-state index < -0.39 is 0 Å². The molecule has 0 spiro atoms. The molecule has 0 saturated heterocycles. The molecule has 0 atom stereocenters. The maximum Gasteiger partial charge on any atom is 0.125 e. The summed E-state index contributed by atoms with van der Waals surface area (Å²) in [6.45, 7) is 7.41. The van der Waals surface area contributed by atoms with Gasteiger partial charge in [-0.15, -0.1) is 0 Å². The van der Waals surface area contributed by atoms with E-state index in [1.165, 1.54) is 12.1 Å². The Balaban J connectivity index is 2.73. The second-order valence-corrected chi connectivity index (χ2v) is 4.90. The van der Waals surface area contributed by atoms with Gasteiger partial charge >= 0.3 is 0 Å². The lowest BCUT2D eigenvalue weighted by molar-refractivity contribution is 0.476. The lowest BCUT2D eigenvalue weighted by Crippen LogP contribution is -2.31. The van der Waals surface area contributed by atoms with Crippen molar-refractivity contribution in [2.45, 2.75) is 32.7 Å². The van der Waals surface area contributed by atoms with Crippen LogP contribution in [-0.2, 0) is 12.0 Å². The number of halogens is 1. The van der Waals surface area contributed by atoms with Gasteiger partial charge in [-0.05, 0) is 25.1 Å². The van der Waals surface area contributed by atoms with Gasteiger partial charge in [0.1, 0.15) is 11.6 Å². The molecule has 0 aliphatic carbocycles. The Hall–Kier alpha value is -1.42. The van der Waals surface area contributed by atoms with Gasteiger partial charge in [-0.3, -0.25) is 0 Å². The molecule has 2 N–H and O–H groups in total. The number of nitrogens with zero attached hydrogens (tertiary/aromatic N) is 2. The summed E-state index contributed by atoms with van der Waals surface area (Å²) in [7, 11) is 0. The molecule has 0 fully saturated rings. The van der Waals surface area contributed by atoms with Crippen molar-refractivity contribution in [1.82, 2.24) is 9.55 Å². The second kappa shape index (κ2) is 4.11. The van der Waals surface area contributed by atoms with E-state index in [1.807, 2.05) is 11.5 Å². The highest BCUT2D eigenvalue weighted by atomic mass is 19.1. The standard InChI is InChI=1S/C13H18FN3/c1-4-17-11-7-9(14)5-6-10(11)16-12(17)13(2,3)8-15/h5-7H,4,8,15H2,1-3H3. The molecule has 1 aromatic heterocycles. The van der Waals surface area contributed by atoms with E-state index in [0.29, 0.717) is 6.54 Å². The first-order valence-corrected chi connectivity index (χ1v) is 5.86. The van der Waals surface area contributed by atoms with Crippen LogP contribution in [0.15, 0.2) is 18.2 Å². The molecule has 2 aromatic rings. The fourth-order valence-corrected chi connectivity index (χ4v) is 2.02. The van der Waals surface area contributed by atoms with Crippen LogP contribution in [0.25, 0.3) is 11.0 Å². The van der Waals surface area contributed by atoms with Crippen molar-refractivity contribution in [3.63, 3.8) is 0 Å². The molecule has 0 aliphatic rings. The maximum atomic E-state index is 13.3. The summed E-state index contributed by atoms with van der Waals surface area (Å²) in [6.07, 6.45) is 0. The lowest BCUT2D eigenvalue weighted by Gasteiger charge is -2.22. The molecule has 92 valence electrons. The van der Waals surface area contributed by atoms with E-state index in [2.05, 4.69) is 18.8 Å². The number of hydrogen-bond donors (Lipinski definition) is 1. The van der Waals surface area contributed by atoms with Crippen LogP contribution in [-0.4, -0.2) is 16.1 Å². The van der Waals surface area contributed by atoms with Crippen LogP contribution < -0.4 is 5.73 Å². The molecule has 1 heterocycles. The topological polar surface area (TPSA) is 43.8 Å². The number of fused-ring (bicyclic) bond motifs is 1. The van der Waals surface area contributed by atoms with E-state index in [4.69, 9.17) is 5.73 Å². The number of benzene rings is 1. The van der Waals surface area contributed by atoms with Gasteiger partial charge in [0.25, 0.3) is 0 Å². The average molecular weight is 235 g/mol. The summed E-state index contributed by atoms with van der Waals surface area (Å²) in [5, 5.41) is 0. The molecule has 0 bridgehead atoms. The smallest absolute Gasteiger partial charge is 0.125 e. The quantitative estimate of drug-likeness (QED) is 0.888.